The van der Waals surface area contributed by atoms with E-state index in [1.165, 1.54) is 12.1 Å². The van der Waals surface area contributed by atoms with Gasteiger partial charge in [0.2, 0.25) is 0 Å². The molecule has 1 heterocycles. The average Bonchev–Trinajstić information content (AvgIpc) is 2.73. The first-order chi connectivity index (χ1) is 15.3. The number of hydrogen-bond donors (Lipinski definition) is 1. The number of halogens is 2. The van der Waals surface area contributed by atoms with Crippen LogP contribution in [-0.2, 0) is 14.3 Å². The molecular weight excluding hydrogens is 473 g/mol. The summed E-state index contributed by atoms with van der Waals surface area (Å²) in [5.74, 6) is -1.31. The summed E-state index contributed by atoms with van der Waals surface area (Å²) in [7, 11) is 0. The zero-order chi connectivity index (χ0) is 23.0. The molecule has 2 aromatic rings. The molecule has 4 nitrogen and oxygen atoms in total. The molecular formula is C26H25BrFNO3. The predicted octanol–water partition coefficient (Wildman–Crippen LogP) is 5.90. The van der Waals surface area contributed by atoms with Gasteiger partial charge in [0.25, 0.3) is 0 Å². The van der Waals surface area contributed by atoms with E-state index in [1.54, 1.807) is 26.0 Å². The molecule has 2 atom stereocenters. The van der Waals surface area contributed by atoms with E-state index < -0.39 is 11.9 Å². The third kappa shape index (κ3) is 4.29. The molecule has 0 radical (unpaired) electrons. The van der Waals surface area contributed by atoms with E-state index in [1.807, 2.05) is 31.2 Å². The minimum Gasteiger partial charge on any atom is -0.460 e. The number of benzene rings is 2. The number of carbonyl (C=O) groups is 2. The van der Waals surface area contributed by atoms with Gasteiger partial charge in [-0.05, 0) is 62.4 Å². The van der Waals surface area contributed by atoms with Crippen molar-refractivity contribution < 1.29 is 18.7 Å². The van der Waals surface area contributed by atoms with Crippen LogP contribution in [0.25, 0.3) is 0 Å². The van der Waals surface area contributed by atoms with Crippen LogP contribution in [0.2, 0.25) is 0 Å². The van der Waals surface area contributed by atoms with Crippen LogP contribution in [0.3, 0.4) is 0 Å². The fraction of sp³-hybridized carbons (Fsp3) is 0.308. The number of Topliss-reactive ketones (excluding diaryl/α,β-unsaturated/α-hetero) is 1. The molecule has 0 saturated carbocycles. The Balaban J connectivity index is 1.80. The fourth-order valence-electron chi connectivity index (χ4n) is 4.58. The lowest BCUT2D eigenvalue weighted by molar-refractivity contribution is -0.143. The molecule has 6 heteroatoms. The highest BCUT2D eigenvalue weighted by molar-refractivity contribution is 9.10. The lowest BCUT2D eigenvalue weighted by Gasteiger charge is -2.37. The third-order valence-electron chi connectivity index (χ3n) is 5.95. The van der Waals surface area contributed by atoms with Crippen LogP contribution in [0.4, 0.5) is 4.39 Å². The molecule has 2 aliphatic rings. The second kappa shape index (κ2) is 9.02. The molecule has 1 aliphatic heterocycles. The first-order valence-electron chi connectivity index (χ1n) is 10.7. The molecule has 0 bridgehead atoms. The molecule has 0 spiro atoms. The molecule has 0 saturated heterocycles. The van der Waals surface area contributed by atoms with Crippen LogP contribution in [0.15, 0.2) is 75.5 Å². The topological polar surface area (TPSA) is 55.4 Å². The van der Waals surface area contributed by atoms with E-state index in [-0.39, 0.29) is 23.6 Å². The molecule has 0 unspecified atom stereocenters. The van der Waals surface area contributed by atoms with Crippen molar-refractivity contribution >= 4 is 27.7 Å². The highest BCUT2D eigenvalue weighted by Gasteiger charge is 2.42. The quantitative estimate of drug-likeness (QED) is 0.534. The Hall–Kier alpha value is -2.73. The van der Waals surface area contributed by atoms with Crippen molar-refractivity contribution in [3.63, 3.8) is 0 Å². The van der Waals surface area contributed by atoms with Gasteiger partial charge in [0.1, 0.15) is 5.82 Å². The predicted molar refractivity (Wildman–Crippen MR) is 124 cm³/mol. The van der Waals surface area contributed by atoms with E-state index in [0.717, 1.165) is 21.3 Å². The Bertz CT molecular complexity index is 1130. The van der Waals surface area contributed by atoms with Gasteiger partial charge in [-0.3, -0.25) is 4.79 Å². The Morgan fingerprint density at radius 3 is 2.47 bits per heavy atom. The van der Waals surface area contributed by atoms with Crippen molar-refractivity contribution in [2.24, 2.45) is 0 Å². The van der Waals surface area contributed by atoms with Gasteiger partial charge < -0.3 is 10.1 Å². The maximum atomic E-state index is 13.5. The second-order valence-electron chi connectivity index (χ2n) is 8.54. The van der Waals surface area contributed by atoms with Gasteiger partial charge in [0.05, 0.1) is 11.7 Å². The lowest BCUT2D eigenvalue weighted by Crippen LogP contribution is -2.36. The number of esters is 1. The average molecular weight is 498 g/mol. The first kappa shape index (κ1) is 22.5. The minimum absolute atomic E-state index is 0.0174. The number of ether oxygens (including phenoxy) is 1. The molecule has 4 rings (SSSR count). The number of carbonyl (C=O) groups excluding carboxylic acids is 2. The van der Waals surface area contributed by atoms with Gasteiger partial charge in [0.15, 0.2) is 5.78 Å². The summed E-state index contributed by atoms with van der Waals surface area (Å²) < 4.78 is 19.8. The van der Waals surface area contributed by atoms with Crippen LogP contribution in [0, 0.1) is 5.82 Å². The highest BCUT2D eigenvalue weighted by atomic mass is 79.9. The Labute approximate surface area is 195 Å². The monoisotopic (exact) mass is 497 g/mol. The van der Waals surface area contributed by atoms with Gasteiger partial charge in [-0.2, -0.15) is 0 Å². The van der Waals surface area contributed by atoms with E-state index in [4.69, 9.17) is 4.74 Å². The van der Waals surface area contributed by atoms with Gasteiger partial charge in [-0.1, -0.05) is 46.3 Å². The van der Waals surface area contributed by atoms with Gasteiger partial charge >= 0.3 is 5.97 Å². The van der Waals surface area contributed by atoms with Crippen molar-refractivity contribution in [1.29, 1.82) is 0 Å². The van der Waals surface area contributed by atoms with E-state index in [2.05, 4.69) is 21.2 Å². The molecule has 2 aromatic carbocycles. The fourth-order valence-corrected chi connectivity index (χ4v) is 5.09. The van der Waals surface area contributed by atoms with Crippen molar-refractivity contribution in [2.45, 2.75) is 51.6 Å². The van der Waals surface area contributed by atoms with E-state index in [0.29, 0.717) is 29.7 Å². The van der Waals surface area contributed by atoms with Crippen molar-refractivity contribution in [1.82, 2.24) is 5.32 Å². The zero-order valence-electron chi connectivity index (χ0n) is 18.2. The molecule has 0 aromatic heterocycles. The van der Waals surface area contributed by atoms with Crippen molar-refractivity contribution in [3.05, 3.63) is 92.5 Å². The van der Waals surface area contributed by atoms with Gasteiger partial charge in [0, 0.05) is 33.8 Å². The second-order valence-corrected chi connectivity index (χ2v) is 9.40. The summed E-state index contributed by atoms with van der Waals surface area (Å²) in [6.07, 6.45) is 0.638. The SMILES string of the molecule is CC1=C(C(=O)OC(C)C)[C@H](c2ccccc2Br)C2=C(C[C@@H](c3ccc(F)cc3)CC2=O)N1. The van der Waals surface area contributed by atoms with E-state index in [9.17, 15) is 14.0 Å². The number of ketones is 1. The summed E-state index contributed by atoms with van der Waals surface area (Å²) in [6.45, 7) is 5.46. The first-order valence-corrected chi connectivity index (χ1v) is 11.5. The van der Waals surface area contributed by atoms with E-state index >= 15 is 0 Å². The minimum atomic E-state index is -0.519. The zero-order valence-corrected chi connectivity index (χ0v) is 19.8. The third-order valence-corrected chi connectivity index (χ3v) is 6.67. The number of hydrogen-bond acceptors (Lipinski definition) is 4. The lowest BCUT2D eigenvalue weighted by atomic mass is 9.71. The summed E-state index contributed by atoms with van der Waals surface area (Å²) >= 11 is 3.61. The molecule has 0 amide bonds. The number of rotatable bonds is 4. The molecule has 1 aliphatic carbocycles. The maximum Gasteiger partial charge on any atom is 0.337 e. The molecule has 32 heavy (non-hydrogen) atoms. The number of dihydropyridines is 1. The van der Waals surface area contributed by atoms with Crippen LogP contribution in [0.5, 0.6) is 0 Å². The Morgan fingerprint density at radius 2 is 1.81 bits per heavy atom. The summed E-state index contributed by atoms with van der Waals surface area (Å²) in [5.41, 5.74) is 4.34. The van der Waals surface area contributed by atoms with Crippen LogP contribution >= 0.6 is 15.9 Å². The Kier molecular flexibility index (Phi) is 6.33. The van der Waals surface area contributed by atoms with Gasteiger partial charge in [-0.15, -0.1) is 0 Å². The summed E-state index contributed by atoms with van der Waals surface area (Å²) in [5, 5.41) is 3.33. The maximum absolute atomic E-state index is 13.5. The van der Waals surface area contributed by atoms with Crippen LogP contribution in [0.1, 0.15) is 56.6 Å². The smallest absolute Gasteiger partial charge is 0.337 e. The van der Waals surface area contributed by atoms with Crippen molar-refractivity contribution in [2.75, 3.05) is 0 Å². The highest BCUT2D eigenvalue weighted by Crippen LogP contribution is 2.47. The molecule has 0 fully saturated rings. The van der Waals surface area contributed by atoms with Crippen LogP contribution < -0.4 is 5.32 Å². The summed E-state index contributed by atoms with van der Waals surface area (Å²) in [4.78, 5) is 26.6. The number of allylic oxidation sites excluding steroid dienone is 3. The molecule has 1 N–H and O–H groups in total. The molecule has 166 valence electrons. The largest absolute Gasteiger partial charge is 0.460 e. The Morgan fingerprint density at radius 1 is 1.12 bits per heavy atom. The van der Waals surface area contributed by atoms with Crippen LogP contribution in [-0.4, -0.2) is 17.9 Å². The van der Waals surface area contributed by atoms with Crippen molar-refractivity contribution in [3.8, 4) is 0 Å². The summed E-state index contributed by atoms with van der Waals surface area (Å²) in [6, 6.07) is 14.0. The standard InChI is InChI=1S/C26H25BrFNO3/c1-14(2)32-26(31)23-15(3)29-21-12-17(16-8-10-18(28)11-9-16)13-22(30)25(21)24(23)19-6-4-5-7-20(19)27/h4-11,14,17,24,29H,12-13H2,1-3H3/t17-,24+/m1/s1. The normalized spacial score (nSPS) is 20.9. The van der Waals surface area contributed by atoms with Gasteiger partial charge in [-0.25, -0.2) is 9.18 Å². The number of nitrogens with one attached hydrogen (secondary N) is 1.